The zero-order valence-corrected chi connectivity index (χ0v) is 46.9. The summed E-state index contributed by atoms with van der Waals surface area (Å²) >= 11 is 0. The molecule has 6 heterocycles. The highest BCUT2D eigenvalue weighted by Crippen LogP contribution is 2.40. The van der Waals surface area contributed by atoms with Crippen molar-refractivity contribution in [2.75, 3.05) is 54.9 Å². The maximum Gasteiger partial charge on any atom is 0.163 e. The molecule has 24 heteroatoms. The van der Waals surface area contributed by atoms with Crippen LogP contribution in [0.3, 0.4) is 0 Å². The molecule has 0 bridgehead atoms. The van der Waals surface area contributed by atoms with E-state index in [4.69, 9.17) is 37.9 Å². The number of hydrogen-bond acceptors (Lipinski definition) is 20. The lowest BCUT2D eigenvalue weighted by Crippen LogP contribution is -2.32. The van der Waals surface area contributed by atoms with Crippen LogP contribution in [0.1, 0.15) is 125 Å². The molecule has 8 rings (SSSR count). The third kappa shape index (κ3) is 13.1. The first-order chi connectivity index (χ1) is 36.3. The van der Waals surface area contributed by atoms with Crippen molar-refractivity contribution in [2.45, 2.75) is 126 Å². The summed E-state index contributed by atoms with van der Waals surface area (Å²) in [7, 11) is -1.47. The highest BCUT2D eigenvalue weighted by Gasteiger charge is 2.39. The van der Waals surface area contributed by atoms with Crippen LogP contribution in [0.15, 0.2) is 61.2 Å². The van der Waals surface area contributed by atoms with Crippen LogP contribution in [-0.2, 0) is 50.1 Å². The number of para-hydroxylation sites is 2. The van der Waals surface area contributed by atoms with Crippen LogP contribution in [0.25, 0.3) is 11.4 Å². The van der Waals surface area contributed by atoms with Gasteiger partial charge in [0.15, 0.2) is 43.0 Å². The molecule has 0 spiro atoms. The minimum Gasteiger partial charge on any atom is -0.494 e. The van der Waals surface area contributed by atoms with E-state index in [2.05, 4.69) is 40.3 Å². The van der Waals surface area contributed by atoms with Crippen LogP contribution in [0.4, 0.5) is 0 Å². The minimum absolute atomic E-state index is 0.0519. The fourth-order valence-electron chi connectivity index (χ4n) is 8.89. The molecular formula is C52H70N10O12S2. The van der Waals surface area contributed by atoms with Gasteiger partial charge in [-0.3, -0.25) is 9.13 Å². The number of methoxy groups -OCH3 is 4. The van der Waals surface area contributed by atoms with E-state index < -0.39 is 42.4 Å². The summed E-state index contributed by atoms with van der Waals surface area (Å²) in [6.07, 6.45) is 5.90. The first-order valence-corrected chi connectivity index (χ1v) is 28.5. The van der Waals surface area contributed by atoms with Crippen LogP contribution in [0.5, 0.6) is 23.0 Å². The van der Waals surface area contributed by atoms with Gasteiger partial charge in [0.1, 0.15) is 69.7 Å². The Morgan fingerprint density at radius 1 is 0.539 bits per heavy atom. The Kier molecular flexibility index (Phi) is 19.2. The third-order valence-electron chi connectivity index (χ3n) is 12.9. The molecule has 0 aliphatic carbocycles. The molecule has 0 radical (unpaired) electrons. The average molecular weight is 1090 g/mol. The standard InChI is InChI=1S/2C26H35N5O6S/c2*1-16(2)37-24(25-27-12-17(3)13-28-25)18(4)38(32,33)15-22-29-30-26(19-10-11-36-14-19)31(22)23-20(34-5)8-7-9-21(23)35-6/h2*7-9,12-13,16,18-19,24H,10-11,14-15H2,1-6H3/t18-,19+,24+;18-,19-,24+/m00/s1. The Labute approximate surface area is 445 Å². The smallest absolute Gasteiger partial charge is 0.163 e. The highest BCUT2D eigenvalue weighted by atomic mass is 32.2. The topological polar surface area (TPSA) is 255 Å². The van der Waals surface area contributed by atoms with E-state index >= 15 is 0 Å². The molecule has 4 aromatic heterocycles. The molecule has 22 nitrogen and oxygen atoms in total. The number of ether oxygens (including phenoxy) is 8. The Bertz CT molecular complexity index is 2840. The minimum atomic E-state index is -3.84. The molecule has 6 aromatic rings. The highest BCUT2D eigenvalue weighted by molar-refractivity contribution is 7.91. The van der Waals surface area contributed by atoms with Crippen molar-refractivity contribution < 1.29 is 54.7 Å². The van der Waals surface area contributed by atoms with Gasteiger partial charge in [-0.1, -0.05) is 12.1 Å². The largest absolute Gasteiger partial charge is 0.494 e. The first-order valence-electron chi connectivity index (χ1n) is 25.1. The monoisotopic (exact) mass is 1090 g/mol. The maximum atomic E-state index is 13.9. The molecule has 0 saturated carbocycles. The van der Waals surface area contributed by atoms with Crippen LogP contribution >= 0.6 is 0 Å². The number of hydrogen-bond donors (Lipinski definition) is 0. The summed E-state index contributed by atoms with van der Waals surface area (Å²) in [6, 6.07) is 10.8. The van der Waals surface area contributed by atoms with Gasteiger partial charge in [0.2, 0.25) is 0 Å². The number of nitrogens with zero attached hydrogens (tertiary/aromatic N) is 10. The van der Waals surface area contributed by atoms with Gasteiger partial charge < -0.3 is 37.9 Å². The molecule has 2 aromatic carbocycles. The molecule has 2 saturated heterocycles. The van der Waals surface area contributed by atoms with Crippen LogP contribution in [0.2, 0.25) is 0 Å². The molecule has 0 N–H and O–H groups in total. The van der Waals surface area contributed by atoms with Crippen molar-refractivity contribution >= 4 is 19.7 Å². The van der Waals surface area contributed by atoms with Crippen molar-refractivity contribution in [1.29, 1.82) is 0 Å². The van der Waals surface area contributed by atoms with Gasteiger partial charge in [-0.05, 0) is 104 Å². The first kappa shape index (κ1) is 57.5. The molecule has 2 aliphatic rings. The van der Waals surface area contributed by atoms with E-state index in [0.29, 0.717) is 84.1 Å². The van der Waals surface area contributed by atoms with Crippen molar-refractivity contribution in [3.05, 3.63) is 107 Å². The zero-order chi connectivity index (χ0) is 54.9. The van der Waals surface area contributed by atoms with E-state index in [1.54, 1.807) is 113 Å². The second kappa shape index (κ2) is 25.3. The van der Waals surface area contributed by atoms with Crippen LogP contribution < -0.4 is 18.9 Å². The number of rotatable bonds is 22. The number of aromatic nitrogens is 10. The predicted octanol–water partition coefficient (Wildman–Crippen LogP) is 6.71. The Morgan fingerprint density at radius 2 is 0.868 bits per heavy atom. The Morgan fingerprint density at radius 3 is 1.14 bits per heavy atom. The van der Waals surface area contributed by atoms with Gasteiger partial charge in [0, 0.05) is 49.8 Å². The zero-order valence-electron chi connectivity index (χ0n) is 45.2. The van der Waals surface area contributed by atoms with Crippen molar-refractivity contribution in [3.63, 3.8) is 0 Å². The second-order valence-corrected chi connectivity index (χ2v) is 24.0. The Hall–Kier alpha value is -6.18. The molecule has 6 atom stereocenters. The van der Waals surface area contributed by atoms with Crippen molar-refractivity contribution in [2.24, 2.45) is 0 Å². The van der Waals surface area contributed by atoms with Gasteiger partial charge in [-0.2, -0.15) is 0 Å². The molecule has 2 fully saturated rings. The number of sulfone groups is 2. The SMILES string of the molecule is COc1cccc(OC)c1-n1c(CS(=O)(=O)[C@@H](C)[C@@H](OC(C)C)c2ncc(C)cn2)nnc1[C@@H]1CCOC1.COc1cccc(OC)c1-n1c(CS(=O)(=O)[C@@H](C)[C@@H](OC(C)C)c2ncc(C)cn2)nnc1[C@H]1CCOC1. The average Bonchev–Trinajstić information content (AvgIpc) is 4.26. The quantitative estimate of drug-likeness (QED) is 0.0684. The summed E-state index contributed by atoms with van der Waals surface area (Å²) in [5.74, 6) is 3.45. The van der Waals surface area contributed by atoms with Gasteiger partial charge in [0.25, 0.3) is 0 Å². The lowest BCUT2D eigenvalue weighted by molar-refractivity contribution is 0.00120. The number of aryl methyl sites for hydroxylation is 2. The summed E-state index contributed by atoms with van der Waals surface area (Å²) in [6.45, 7) is 16.5. The normalized spacial score (nSPS) is 17.5. The fraction of sp³-hybridized carbons (Fsp3) is 0.538. The van der Waals surface area contributed by atoms with E-state index in [9.17, 15) is 16.8 Å². The summed E-state index contributed by atoms with van der Waals surface area (Å²) in [5, 5.41) is 15.6. The predicted molar refractivity (Wildman–Crippen MR) is 281 cm³/mol. The lowest BCUT2D eigenvalue weighted by Gasteiger charge is -2.25. The van der Waals surface area contributed by atoms with Gasteiger partial charge in [-0.25, -0.2) is 36.8 Å². The maximum absolute atomic E-state index is 13.9. The Balaban J connectivity index is 0.000000221. The van der Waals surface area contributed by atoms with Crippen molar-refractivity contribution in [3.8, 4) is 34.4 Å². The molecule has 0 unspecified atom stereocenters. The van der Waals surface area contributed by atoms with Crippen LogP contribution in [-0.4, -0.2) is 144 Å². The third-order valence-corrected chi connectivity index (χ3v) is 17.0. The number of benzene rings is 2. The molecule has 76 heavy (non-hydrogen) atoms. The molecule has 2 aliphatic heterocycles. The van der Waals surface area contributed by atoms with Crippen molar-refractivity contribution in [1.82, 2.24) is 49.5 Å². The van der Waals surface area contributed by atoms with E-state index in [0.717, 1.165) is 24.0 Å². The summed E-state index contributed by atoms with van der Waals surface area (Å²) < 4.78 is 105. The fourth-order valence-corrected chi connectivity index (χ4v) is 11.6. The summed E-state index contributed by atoms with van der Waals surface area (Å²) in [4.78, 5) is 17.4. The van der Waals surface area contributed by atoms with Gasteiger partial charge in [0.05, 0.1) is 64.4 Å². The lowest BCUT2D eigenvalue weighted by atomic mass is 10.1. The van der Waals surface area contributed by atoms with Gasteiger partial charge in [-0.15, -0.1) is 20.4 Å². The molecular weight excluding hydrogens is 1020 g/mol. The summed E-state index contributed by atoms with van der Waals surface area (Å²) in [5.41, 5.74) is 2.82. The second-order valence-electron chi connectivity index (χ2n) is 19.2. The van der Waals surface area contributed by atoms with E-state index in [1.165, 1.54) is 0 Å². The molecule has 0 amide bonds. The van der Waals surface area contributed by atoms with Crippen LogP contribution in [0, 0.1) is 13.8 Å². The van der Waals surface area contributed by atoms with Gasteiger partial charge >= 0.3 is 0 Å². The van der Waals surface area contributed by atoms with E-state index in [1.807, 2.05) is 41.5 Å². The van der Waals surface area contributed by atoms with E-state index in [-0.39, 0.29) is 47.2 Å². The molecule has 412 valence electrons.